The zero-order chi connectivity index (χ0) is 11.4. The van der Waals surface area contributed by atoms with Crippen LogP contribution in [0.25, 0.3) is 0 Å². The molecular weight excluding hydrogens is 192 g/mol. The van der Waals surface area contributed by atoms with Crippen molar-refractivity contribution < 1.29 is 9.59 Å². The maximum atomic E-state index is 12.0. The Morgan fingerprint density at radius 3 is 2.67 bits per heavy atom. The van der Waals surface area contributed by atoms with Crippen molar-refractivity contribution in [3.63, 3.8) is 0 Å². The molecule has 0 bridgehead atoms. The Hall–Kier alpha value is -1.06. The van der Waals surface area contributed by atoms with Gasteiger partial charge in [0.05, 0.1) is 0 Å². The Bertz CT molecular complexity index is 251. The Kier molecular flexibility index (Phi) is 4.12. The number of carbonyl (C=O) groups excluding carboxylic acids is 2. The molecule has 2 amide bonds. The summed E-state index contributed by atoms with van der Waals surface area (Å²) < 4.78 is 0. The van der Waals surface area contributed by atoms with Crippen LogP contribution in [0.15, 0.2) is 0 Å². The van der Waals surface area contributed by atoms with Crippen molar-refractivity contribution in [1.29, 1.82) is 0 Å². The Morgan fingerprint density at radius 2 is 2.13 bits per heavy atom. The molecule has 1 unspecified atom stereocenters. The van der Waals surface area contributed by atoms with Crippen LogP contribution < -0.4 is 5.32 Å². The first-order valence-corrected chi connectivity index (χ1v) is 5.62. The summed E-state index contributed by atoms with van der Waals surface area (Å²) in [6.45, 7) is 7.29. The lowest BCUT2D eigenvalue weighted by Crippen LogP contribution is -2.45. The molecule has 0 radical (unpaired) electrons. The smallest absolute Gasteiger partial charge is 0.245 e. The van der Waals surface area contributed by atoms with E-state index in [0.717, 1.165) is 6.42 Å². The van der Waals surface area contributed by atoms with E-state index in [1.165, 1.54) is 0 Å². The van der Waals surface area contributed by atoms with Crippen molar-refractivity contribution >= 4 is 11.8 Å². The third kappa shape index (κ3) is 3.22. The van der Waals surface area contributed by atoms with E-state index in [9.17, 15) is 9.59 Å². The lowest BCUT2D eigenvalue weighted by atomic mass is 10.0. The lowest BCUT2D eigenvalue weighted by molar-refractivity contribution is -0.133. The maximum Gasteiger partial charge on any atom is 0.245 e. The highest BCUT2D eigenvalue weighted by molar-refractivity contribution is 5.89. The first kappa shape index (κ1) is 12.0. The van der Waals surface area contributed by atoms with E-state index in [4.69, 9.17) is 0 Å². The molecule has 1 heterocycles. The van der Waals surface area contributed by atoms with E-state index in [-0.39, 0.29) is 17.9 Å². The molecule has 4 nitrogen and oxygen atoms in total. The van der Waals surface area contributed by atoms with Gasteiger partial charge in [0.2, 0.25) is 11.8 Å². The number of amides is 2. The van der Waals surface area contributed by atoms with E-state index in [1.54, 1.807) is 4.90 Å². The Labute approximate surface area is 91.0 Å². The number of hydrogen-bond donors (Lipinski definition) is 1. The van der Waals surface area contributed by atoms with Crippen LogP contribution in [0.1, 0.15) is 33.6 Å². The minimum Gasteiger partial charge on any atom is -0.344 e. The molecule has 1 saturated heterocycles. The number of nitrogens with one attached hydrogen (secondary N) is 1. The topological polar surface area (TPSA) is 49.4 Å². The molecule has 1 atom stereocenters. The molecule has 4 heteroatoms. The molecule has 1 aliphatic heterocycles. The summed E-state index contributed by atoms with van der Waals surface area (Å²) in [4.78, 5) is 25.1. The van der Waals surface area contributed by atoms with Gasteiger partial charge < -0.3 is 10.2 Å². The average molecular weight is 212 g/mol. The molecular formula is C11H20N2O2. The first-order chi connectivity index (χ1) is 7.04. The van der Waals surface area contributed by atoms with Gasteiger partial charge in [-0.05, 0) is 19.3 Å². The minimum atomic E-state index is -0.319. The first-order valence-electron chi connectivity index (χ1n) is 5.62. The van der Waals surface area contributed by atoms with Crippen LogP contribution in [0.4, 0.5) is 0 Å². The molecule has 86 valence electrons. The summed E-state index contributed by atoms with van der Waals surface area (Å²) in [7, 11) is 0. The van der Waals surface area contributed by atoms with Gasteiger partial charge in [0.15, 0.2) is 0 Å². The highest BCUT2D eigenvalue weighted by Crippen LogP contribution is 2.11. The Morgan fingerprint density at radius 1 is 1.47 bits per heavy atom. The van der Waals surface area contributed by atoms with Crippen LogP contribution in [0.3, 0.4) is 0 Å². The standard InChI is InChI=1S/C11H20N2O2/c1-4-13-6-5-10(14)12-9(11(13)15)7-8(2)3/h8-9H,4-7H2,1-3H3,(H,12,14). The molecule has 1 fully saturated rings. The average Bonchev–Trinajstić information content (AvgIpc) is 2.27. The van der Waals surface area contributed by atoms with Crippen LogP contribution in [0.2, 0.25) is 0 Å². The monoisotopic (exact) mass is 212 g/mol. The van der Waals surface area contributed by atoms with Crippen molar-refractivity contribution in [1.82, 2.24) is 10.2 Å². The molecule has 15 heavy (non-hydrogen) atoms. The van der Waals surface area contributed by atoms with Gasteiger partial charge in [-0.3, -0.25) is 9.59 Å². The normalized spacial score (nSPS) is 22.9. The van der Waals surface area contributed by atoms with Gasteiger partial charge in [0.25, 0.3) is 0 Å². The van der Waals surface area contributed by atoms with Gasteiger partial charge >= 0.3 is 0 Å². The summed E-state index contributed by atoms with van der Waals surface area (Å²) in [5.74, 6) is 0.470. The second-order valence-corrected chi connectivity index (χ2v) is 4.42. The van der Waals surface area contributed by atoms with Crippen molar-refractivity contribution in [3.8, 4) is 0 Å². The van der Waals surface area contributed by atoms with Crippen LogP contribution in [0.5, 0.6) is 0 Å². The van der Waals surface area contributed by atoms with Crippen molar-refractivity contribution in [3.05, 3.63) is 0 Å². The SMILES string of the molecule is CCN1CCC(=O)NC(CC(C)C)C1=O. The predicted molar refractivity (Wildman–Crippen MR) is 58.3 cm³/mol. The molecule has 1 rings (SSSR count). The molecule has 0 aromatic carbocycles. The second-order valence-electron chi connectivity index (χ2n) is 4.42. The zero-order valence-electron chi connectivity index (χ0n) is 9.75. The van der Waals surface area contributed by atoms with E-state index in [0.29, 0.717) is 25.4 Å². The van der Waals surface area contributed by atoms with E-state index < -0.39 is 0 Å². The van der Waals surface area contributed by atoms with Crippen LogP contribution in [0, 0.1) is 5.92 Å². The van der Waals surface area contributed by atoms with Crippen molar-refractivity contribution in [2.75, 3.05) is 13.1 Å². The van der Waals surface area contributed by atoms with Gasteiger partial charge in [-0.2, -0.15) is 0 Å². The number of rotatable bonds is 3. The minimum absolute atomic E-state index is 0.00931. The number of hydrogen-bond acceptors (Lipinski definition) is 2. The van der Waals surface area contributed by atoms with Gasteiger partial charge in [0, 0.05) is 19.5 Å². The van der Waals surface area contributed by atoms with Crippen molar-refractivity contribution in [2.45, 2.75) is 39.7 Å². The largest absolute Gasteiger partial charge is 0.344 e. The van der Waals surface area contributed by atoms with Crippen LogP contribution in [-0.2, 0) is 9.59 Å². The maximum absolute atomic E-state index is 12.0. The molecule has 0 saturated carbocycles. The van der Waals surface area contributed by atoms with Gasteiger partial charge in [-0.15, -0.1) is 0 Å². The number of carbonyl (C=O) groups is 2. The van der Waals surface area contributed by atoms with Gasteiger partial charge in [-0.25, -0.2) is 0 Å². The highest BCUT2D eigenvalue weighted by atomic mass is 16.2. The fourth-order valence-electron chi connectivity index (χ4n) is 1.84. The van der Waals surface area contributed by atoms with Gasteiger partial charge in [-0.1, -0.05) is 13.8 Å². The predicted octanol–water partition coefficient (Wildman–Crippen LogP) is 0.769. The fraction of sp³-hybridized carbons (Fsp3) is 0.818. The molecule has 1 N–H and O–H groups in total. The van der Waals surface area contributed by atoms with Gasteiger partial charge in [0.1, 0.15) is 6.04 Å². The number of nitrogens with zero attached hydrogens (tertiary/aromatic N) is 1. The summed E-state index contributed by atoms with van der Waals surface area (Å²) >= 11 is 0. The van der Waals surface area contributed by atoms with E-state index in [1.807, 2.05) is 6.92 Å². The number of likely N-dealkylation sites (N-methyl/N-ethyl adjacent to an activating group) is 1. The molecule has 0 spiro atoms. The highest BCUT2D eigenvalue weighted by Gasteiger charge is 2.29. The summed E-state index contributed by atoms with van der Waals surface area (Å²) in [6.07, 6.45) is 1.15. The third-order valence-electron chi connectivity index (χ3n) is 2.64. The Balaban J connectivity index is 2.72. The molecule has 0 aromatic heterocycles. The summed E-state index contributed by atoms with van der Waals surface area (Å²) in [5, 5.41) is 2.79. The van der Waals surface area contributed by atoms with Crippen molar-refractivity contribution in [2.24, 2.45) is 5.92 Å². The second kappa shape index (κ2) is 5.14. The summed E-state index contributed by atoms with van der Waals surface area (Å²) in [6, 6.07) is -0.319. The van der Waals surface area contributed by atoms with Crippen LogP contribution >= 0.6 is 0 Å². The summed E-state index contributed by atoms with van der Waals surface area (Å²) in [5.41, 5.74) is 0. The molecule has 0 aliphatic carbocycles. The molecule has 0 aromatic rings. The zero-order valence-corrected chi connectivity index (χ0v) is 9.75. The fourth-order valence-corrected chi connectivity index (χ4v) is 1.84. The third-order valence-corrected chi connectivity index (χ3v) is 2.64. The van der Waals surface area contributed by atoms with E-state index >= 15 is 0 Å². The quantitative estimate of drug-likeness (QED) is 0.751. The van der Waals surface area contributed by atoms with Crippen LogP contribution in [-0.4, -0.2) is 35.8 Å². The molecule has 1 aliphatic rings. The lowest BCUT2D eigenvalue weighted by Gasteiger charge is -2.23. The van der Waals surface area contributed by atoms with E-state index in [2.05, 4.69) is 19.2 Å².